The minimum Gasteiger partial charge on any atom is -0.372 e. The van der Waals surface area contributed by atoms with E-state index in [1.165, 1.54) is 0 Å². The Labute approximate surface area is 163 Å². The van der Waals surface area contributed by atoms with Gasteiger partial charge in [0.1, 0.15) is 0 Å². The van der Waals surface area contributed by atoms with Gasteiger partial charge in [0, 0.05) is 17.7 Å². The number of carbonyl (C=O) groups excluding carboxylic acids is 1. The summed E-state index contributed by atoms with van der Waals surface area (Å²) in [6.45, 7) is 4.27. The molecule has 0 amide bonds. The summed E-state index contributed by atoms with van der Waals surface area (Å²) >= 11 is 12.3. The number of hydrogen-bond donors (Lipinski definition) is 2. The molecule has 0 saturated heterocycles. The zero-order chi connectivity index (χ0) is 18.5. The number of carbonyl (C=O) groups is 1. The summed E-state index contributed by atoms with van der Waals surface area (Å²) in [7, 11) is 0. The van der Waals surface area contributed by atoms with E-state index in [9.17, 15) is 4.79 Å². The molecular weight excluding hydrogens is 367 g/mol. The molecule has 0 saturated carbocycles. The van der Waals surface area contributed by atoms with E-state index in [1.807, 2.05) is 36.4 Å². The van der Waals surface area contributed by atoms with Gasteiger partial charge >= 0.3 is 0 Å². The molecular formula is C21H20Cl2N2O. The quantitative estimate of drug-likeness (QED) is 0.611. The van der Waals surface area contributed by atoms with Gasteiger partial charge in [-0.3, -0.25) is 4.79 Å². The number of para-hydroxylation sites is 2. The normalized spacial score (nSPS) is 21.2. The third-order valence-electron chi connectivity index (χ3n) is 5.00. The third-order valence-corrected chi connectivity index (χ3v) is 5.74. The van der Waals surface area contributed by atoms with Gasteiger partial charge in [0.25, 0.3) is 0 Å². The minimum atomic E-state index is -0.264. The van der Waals surface area contributed by atoms with Crippen LogP contribution in [0.5, 0.6) is 0 Å². The Balaban J connectivity index is 1.89. The van der Waals surface area contributed by atoms with Crippen molar-refractivity contribution in [3.63, 3.8) is 0 Å². The maximum atomic E-state index is 13.1. The highest BCUT2D eigenvalue weighted by atomic mass is 35.5. The lowest BCUT2D eigenvalue weighted by Gasteiger charge is -2.34. The van der Waals surface area contributed by atoms with Crippen LogP contribution in [-0.4, -0.2) is 5.78 Å². The Bertz CT molecular complexity index is 933. The molecule has 1 aliphatic carbocycles. The molecule has 1 atom stereocenters. The number of halogens is 2. The maximum absolute atomic E-state index is 13.1. The van der Waals surface area contributed by atoms with Crippen molar-refractivity contribution in [1.29, 1.82) is 0 Å². The second-order valence-electron chi connectivity index (χ2n) is 7.75. The van der Waals surface area contributed by atoms with Gasteiger partial charge in [-0.2, -0.15) is 0 Å². The van der Waals surface area contributed by atoms with Crippen molar-refractivity contribution in [3.8, 4) is 0 Å². The first-order chi connectivity index (χ1) is 12.3. The fourth-order valence-corrected chi connectivity index (χ4v) is 4.14. The molecule has 0 spiro atoms. The zero-order valence-corrected chi connectivity index (χ0v) is 16.2. The first-order valence-electron chi connectivity index (χ1n) is 8.68. The fraction of sp³-hybridized carbons (Fsp3) is 0.286. The third kappa shape index (κ3) is 3.10. The molecule has 0 fully saturated rings. The minimum absolute atomic E-state index is 0.0651. The molecule has 2 N–H and O–H groups in total. The Morgan fingerprint density at radius 1 is 1.00 bits per heavy atom. The van der Waals surface area contributed by atoms with Crippen LogP contribution in [-0.2, 0) is 4.79 Å². The molecule has 26 heavy (non-hydrogen) atoms. The topological polar surface area (TPSA) is 41.1 Å². The van der Waals surface area contributed by atoms with Crippen molar-refractivity contribution in [3.05, 3.63) is 69.3 Å². The maximum Gasteiger partial charge on any atom is 0.163 e. The molecule has 134 valence electrons. The van der Waals surface area contributed by atoms with E-state index in [0.717, 1.165) is 34.6 Å². The van der Waals surface area contributed by atoms with Gasteiger partial charge in [-0.25, -0.2) is 0 Å². The van der Waals surface area contributed by atoms with Crippen LogP contribution in [0.1, 0.15) is 38.3 Å². The van der Waals surface area contributed by atoms with E-state index >= 15 is 0 Å². The number of rotatable bonds is 1. The van der Waals surface area contributed by atoms with Gasteiger partial charge in [0.05, 0.1) is 27.5 Å². The van der Waals surface area contributed by atoms with Crippen LogP contribution in [0.2, 0.25) is 10.0 Å². The molecule has 0 bridgehead atoms. The summed E-state index contributed by atoms with van der Waals surface area (Å²) < 4.78 is 0. The Kier molecular flexibility index (Phi) is 4.25. The Morgan fingerprint density at radius 3 is 2.46 bits per heavy atom. The molecule has 2 aliphatic rings. The van der Waals surface area contributed by atoms with Crippen LogP contribution in [0.15, 0.2) is 53.7 Å². The van der Waals surface area contributed by atoms with E-state index in [1.54, 1.807) is 6.07 Å². The van der Waals surface area contributed by atoms with Crippen molar-refractivity contribution in [2.75, 3.05) is 10.6 Å². The van der Waals surface area contributed by atoms with Gasteiger partial charge in [0.15, 0.2) is 5.78 Å². The average molecular weight is 387 g/mol. The number of Topliss-reactive ketones (excluding diaryl/α,β-unsaturated/α-hetero) is 1. The number of ketones is 1. The first kappa shape index (κ1) is 17.4. The van der Waals surface area contributed by atoms with Gasteiger partial charge in [-0.1, -0.05) is 55.2 Å². The largest absolute Gasteiger partial charge is 0.372 e. The summed E-state index contributed by atoms with van der Waals surface area (Å²) in [4.78, 5) is 13.1. The predicted octanol–water partition coefficient (Wildman–Crippen LogP) is 6.22. The van der Waals surface area contributed by atoms with E-state index < -0.39 is 0 Å². The number of nitrogens with one attached hydrogen (secondary N) is 2. The van der Waals surface area contributed by atoms with Gasteiger partial charge < -0.3 is 10.6 Å². The molecule has 2 aromatic carbocycles. The van der Waals surface area contributed by atoms with Crippen molar-refractivity contribution in [1.82, 2.24) is 0 Å². The fourth-order valence-electron chi connectivity index (χ4n) is 3.83. The van der Waals surface area contributed by atoms with E-state index in [4.69, 9.17) is 23.2 Å². The number of hydrogen-bond acceptors (Lipinski definition) is 3. The second-order valence-corrected chi connectivity index (χ2v) is 8.57. The van der Waals surface area contributed by atoms with Crippen LogP contribution in [0.4, 0.5) is 11.4 Å². The average Bonchev–Trinajstić information content (AvgIpc) is 2.72. The van der Waals surface area contributed by atoms with Gasteiger partial charge in [-0.15, -0.1) is 0 Å². The van der Waals surface area contributed by atoms with Crippen LogP contribution in [0.25, 0.3) is 0 Å². The molecule has 0 aromatic heterocycles. The highest BCUT2D eigenvalue weighted by molar-refractivity contribution is 6.42. The molecule has 2 aromatic rings. The van der Waals surface area contributed by atoms with Crippen molar-refractivity contribution in [2.24, 2.45) is 5.41 Å². The lowest BCUT2D eigenvalue weighted by Crippen LogP contribution is -2.31. The first-order valence-corrected chi connectivity index (χ1v) is 9.43. The van der Waals surface area contributed by atoms with E-state index in [0.29, 0.717) is 16.5 Å². The standard InChI is InChI=1S/C21H20Cl2N2O/c1-21(2)10-17-19(18(26)11-21)20(12-7-8-13(22)14(23)9-12)25-16-6-4-3-5-15(16)24-17/h3-9,20,24-25H,10-11H2,1-2H3/t20-/m0/s1. The monoisotopic (exact) mass is 386 g/mol. The molecule has 0 radical (unpaired) electrons. The van der Waals surface area contributed by atoms with Crippen LogP contribution in [0.3, 0.4) is 0 Å². The SMILES string of the molecule is CC1(C)CC(=O)C2=C(C1)Nc1ccccc1N[C@H]2c1ccc(Cl)c(Cl)c1. The van der Waals surface area contributed by atoms with E-state index in [-0.39, 0.29) is 17.2 Å². The highest BCUT2D eigenvalue weighted by Gasteiger charge is 2.38. The van der Waals surface area contributed by atoms with Crippen LogP contribution in [0, 0.1) is 5.41 Å². The summed E-state index contributed by atoms with van der Waals surface area (Å²) in [5.41, 5.74) is 4.58. The van der Waals surface area contributed by atoms with Gasteiger partial charge in [0.2, 0.25) is 0 Å². The zero-order valence-electron chi connectivity index (χ0n) is 14.7. The second kappa shape index (κ2) is 6.33. The Morgan fingerprint density at radius 2 is 1.73 bits per heavy atom. The van der Waals surface area contributed by atoms with Gasteiger partial charge in [-0.05, 0) is 41.7 Å². The molecule has 3 nitrogen and oxygen atoms in total. The van der Waals surface area contributed by atoms with Crippen LogP contribution >= 0.6 is 23.2 Å². The summed E-state index contributed by atoms with van der Waals surface area (Å²) in [6, 6.07) is 13.3. The lowest BCUT2D eigenvalue weighted by atomic mass is 9.73. The number of anilines is 2. The van der Waals surface area contributed by atoms with Crippen molar-refractivity contribution < 1.29 is 4.79 Å². The lowest BCUT2D eigenvalue weighted by molar-refractivity contribution is -0.118. The highest BCUT2D eigenvalue weighted by Crippen LogP contribution is 2.45. The Hall–Kier alpha value is -1.97. The molecule has 4 rings (SSSR count). The predicted molar refractivity (Wildman–Crippen MR) is 108 cm³/mol. The molecule has 0 unspecified atom stereocenters. The number of fused-ring (bicyclic) bond motifs is 1. The molecule has 1 heterocycles. The molecule has 1 aliphatic heterocycles. The van der Waals surface area contributed by atoms with Crippen LogP contribution < -0.4 is 10.6 Å². The smallest absolute Gasteiger partial charge is 0.163 e. The van der Waals surface area contributed by atoms with Crippen molar-refractivity contribution >= 4 is 40.4 Å². The van der Waals surface area contributed by atoms with Crippen molar-refractivity contribution in [2.45, 2.75) is 32.7 Å². The summed E-state index contributed by atoms with van der Waals surface area (Å²) in [6.07, 6.45) is 1.35. The number of allylic oxidation sites excluding steroid dienone is 1. The summed E-state index contributed by atoms with van der Waals surface area (Å²) in [5.74, 6) is 0.167. The molecule has 5 heteroatoms. The number of benzene rings is 2. The summed E-state index contributed by atoms with van der Waals surface area (Å²) in [5, 5.41) is 8.04. The van der Waals surface area contributed by atoms with E-state index in [2.05, 4.69) is 24.5 Å².